The largest absolute Gasteiger partial charge is 0.349 e. The Labute approximate surface area is 160 Å². The van der Waals surface area contributed by atoms with Crippen LogP contribution in [0, 0.1) is 0 Å². The molecular formula is C20H21ClN2O2S. The second kappa shape index (κ2) is 7.05. The number of carbonyl (C=O) groups is 1. The highest BCUT2D eigenvalue weighted by molar-refractivity contribution is 7.21. The van der Waals surface area contributed by atoms with Crippen molar-refractivity contribution in [1.82, 2.24) is 9.88 Å². The Bertz CT molecular complexity index is 1050. The molecule has 4 nitrogen and oxygen atoms in total. The summed E-state index contributed by atoms with van der Waals surface area (Å²) in [5.74, 6) is -0.0673. The second-order valence-corrected chi connectivity index (χ2v) is 8.53. The number of nitrogens with one attached hydrogen (secondary N) is 1. The predicted octanol–water partition coefficient (Wildman–Crippen LogP) is 4.86. The van der Waals surface area contributed by atoms with E-state index in [2.05, 4.69) is 5.32 Å². The fourth-order valence-corrected chi connectivity index (χ4v) is 5.06. The van der Waals surface area contributed by atoms with E-state index >= 15 is 0 Å². The number of hydrogen-bond acceptors (Lipinski definition) is 3. The minimum Gasteiger partial charge on any atom is -0.349 e. The van der Waals surface area contributed by atoms with Gasteiger partial charge in [0.25, 0.3) is 11.5 Å². The zero-order chi connectivity index (χ0) is 18.3. The van der Waals surface area contributed by atoms with Gasteiger partial charge in [-0.25, -0.2) is 0 Å². The van der Waals surface area contributed by atoms with Gasteiger partial charge in [-0.05, 0) is 37.1 Å². The molecule has 2 heterocycles. The van der Waals surface area contributed by atoms with E-state index in [0.29, 0.717) is 15.3 Å². The molecule has 1 fully saturated rings. The summed E-state index contributed by atoms with van der Waals surface area (Å²) in [5.41, 5.74) is 0.687. The molecule has 1 saturated carbocycles. The molecule has 0 unspecified atom stereocenters. The highest BCUT2D eigenvalue weighted by Gasteiger charge is 2.19. The molecule has 0 bridgehead atoms. The van der Waals surface area contributed by atoms with Gasteiger partial charge in [0, 0.05) is 28.2 Å². The van der Waals surface area contributed by atoms with Gasteiger partial charge in [-0.1, -0.05) is 37.3 Å². The summed E-state index contributed by atoms with van der Waals surface area (Å²) in [6.07, 6.45) is 6.92. The molecule has 0 radical (unpaired) electrons. The summed E-state index contributed by atoms with van der Waals surface area (Å²) in [6.45, 7) is 0. The second-order valence-electron chi connectivity index (χ2n) is 7.04. The smallest absolute Gasteiger partial charge is 0.261 e. The van der Waals surface area contributed by atoms with Gasteiger partial charge in [-0.2, -0.15) is 0 Å². The zero-order valence-corrected chi connectivity index (χ0v) is 16.3. The van der Waals surface area contributed by atoms with Crippen molar-refractivity contribution < 1.29 is 4.79 Å². The van der Waals surface area contributed by atoms with E-state index in [1.54, 1.807) is 23.7 Å². The van der Waals surface area contributed by atoms with Crippen LogP contribution in [0.25, 0.3) is 21.0 Å². The number of fused-ring (bicyclic) bond motifs is 3. The van der Waals surface area contributed by atoms with Crippen LogP contribution in [-0.2, 0) is 7.05 Å². The van der Waals surface area contributed by atoms with Crippen molar-refractivity contribution >= 4 is 49.8 Å². The van der Waals surface area contributed by atoms with Crippen molar-refractivity contribution in [3.05, 3.63) is 44.5 Å². The number of pyridine rings is 1. The molecule has 3 aromatic rings. The first-order valence-corrected chi connectivity index (χ1v) is 10.3. The summed E-state index contributed by atoms with van der Waals surface area (Å²) in [6, 6.07) is 7.51. The van der Waals surface area contributed by atoms with E-state index in [0.717, 1.165) is 28.4 Å². The Hall–Kier alpha value is -1.85. The Morgan fingerprint density at radius 1 is 1.15 bits per heavy atom. The Morgan fingerprint density at radius 3 is 2.62 bits per heavy atom. The predicted molar refractivity (Wildman–Crippen MR) is 109 cm³/mol. The van der Waals surface area contributed by atoms with Gasteiger partial charge in [0.2, 0.25) is 0 Å². The van der Waals surface area contributed by atoms with Crippen molar-refractivity contribution in [3.63, 3.8) is 0 Å². The molecule has 2 aromatic heterocycles. The molecule has 136 valence electrons. The van der Waals surface area contributed by atoms with Gasteiger partial charge in [0.1, 0.15) is 0 Å². The highest BCUT2D eigenvalue weighted by Crippen LogP contribution is 2.31. The minimum atomic E-state index is -0.0977. The van der Waals surface area contributed by atoms with E-state index in [9.17, 15) is 9.59 Å². The quantitative estimate of drug-likeness (QED) is 0.637. The molecule has 4 rings (SSSR count). The van der Waals surface area contributed by atoms with Crippen LogP contribution < -0.4 is 10.9 Å². The van der Waals surface area contributed by atoms with Crippen LogP contribution in [0.5, 0.6) is 0 Å². The number of nitrogens with zero attached hydrogens (tertiary/aromatic N) is 1. The number of carbonyl (C=O) groups excluding carboxylic acids is 1. The Kier molecular flexibility index (Phi) is 4.76. The molecule has 1 aliphatic carbocycles. The number of aryl methyl sites for hydroxylation is 1. The third-order valence-corrected chi connectivity index (χ3v) is 6.65. The molecule has 0 saturated heterocycles. The van der Waals surface area contributed by atoms with Crippen LogP contribution >= 0.6 is 22.9 Å². The van der Waals surface area contributed by atoms with E-state index in [4.69, 9.17) is 11.6 Å². The van der Waals surface area contributed by atoms with Gasteiger partial charge in [0.05, 0.1) is 15.8 Å². The molecule has 1 amide bonds. The van der Waals surface area contributed by atoms with Crippen molar-refractivity contribution in [2.24, 2.45) is 7.05 Å². The van der Waals surface area contributed by atoms with Crippen LogP contribution in [-0.4, -0.2) is 16.5 Å². The van der Waals surface area contributed by atoms with Crippen molar-refractivity contribution in [1.29, 1.82) is 0 Å². The highest BCUT2D eigenvalue weighted by atomic mass is 35.5. The van der Waals surface area contributed by atoms with Crippen LogP contribution in [0.1, 0.15) is 48.2 Å². The maximum Gasteiger partial charge on any atom is 0.261 e. The number of rotatable bonds is 2. The molecule has 0 aliphatic heterocycles. The average molecular weight is 389 g/mol. The number of aromatic nitrogens is 1. The first kappa shape index (κ1) is 17.6. The fourth-order valence-electron chi connectivity index (χ4n) is 3.81. The SMILES string of the molecule is Cn1c(=O)c2cc(C(=O)NC3CCCCCC3)sc2c2ccc(Cl)cc21. The van der Waals surface area contributed by atoms with Gasteiger partial charge in [-0.15, -0.1) is 11.3 Å². The average Bonchev–Trinajstić information content (AvgIpc) is 2.92. The maximum atomic E-state index is 12.8. The van der Waals surface area contributed by atoms with Crippen molar-refractivity contribution in [3.8, 4) is 0 Å². The van der Waals surface area contributed by atoms with Gasteiger partial charge in [-0.3, -0.25) is 9.59 Å². The molecule has 0 spiro atoms. The third kappa shape index (κ3) is 3.14. The lowest BCUT2D eigenvalue weighted by Gasteiger charge is -2.15. The topological polar surface area (TPSA) is 51.1 Å². The Morgan fingerprint density at radius 2 is 1.88 bits per heavy atom. The first-order valence-electron chi connectivity index (χ1n) is 9.07. The molecule has 1 N–H and O–H groups in total. The molecular weight excluding hydrogens is 368 g/mol. The van der Waals surface area contributed by atoms with E-state index in [-0.39, 0.29) is 17.5 Å². The standard InChI is InChI=1S/C20H21ClN2O2S/c1-23-16-10-12(21)8-9-14(16)18-15(20(23)25)11-17(26-18)19(24)22-13-6-4-2-3-5-7-13/h8-11,13H,2-7H2,1H3,(H,22,24). The first-order chi connectivity index (χ1) is 12.5. The van der Waals surface area contributed by atoms with E-state index in [1.807, 2.05) is 12.1 Å². The van der Waals surface area contributed by atoms with Crippen molar-refractivity contribution in [2.45, 2.75) is 44.6 Å². The van der Waals surface area contributed by atoms with Crippen molar-refractivity contribution in [2.75, 3.05) is 0 Å². The molecule has 26 heavy (non-hydrogen) atoms. The fraction of sp³-hybridized carbons (Fsp3) is 0.400. The monoisotopic (exact) mass is 388 g/mol. The minimum absolute atomic E-state index is 0.0673. The van der Waals surface area contributed by atoms with Gasteiger partial charge < -0.3 is 9.88 Å². The van der Waals surface area contributed by atoms with Crippen LogP contribution in [0.15, 0.2) is 29.1 Å². The van der Waals surface area contributed by atoms with Crippen LogP contribution in [0.4, 0.5) is 0 Å². The van der Waals surface area contributed by atoms with Gasteiger partial charge >= 0.3 is 0 Å². The lowest BCUT2D eigenvalue weighted by atomic mass is 10.1. The number of hydrogen-bond donors (Lipinski definition) is 1. The lowest BCUT2D eigenvalue weighted by molar-refractivity contribution is 0.0937. The van der Waals surface area contributed by atoms with E-state index in [1.165, 1.54) is 37.0 Å². The number of halogens is 1. The summed E-state index contributed by atoms with van der Waals surface area (Å²) in [5, 5.41) is 5.31. The van der Waals surface area contributed by atoms with Crippen LogP contribution in [0.2, 0.25) is 5.02 Å². The number of amides is 1. The summed E-state index contributed by atoms with van der Waals surface area (Å²) >= 11 is 7.48. The zero-order valence-electron chi connectivity index (χ0n) is 14.7. The van der Waals surface area contributed by atoms with Gasteiger partial charge in [0.15, 0.2) is 0 Å². The molecule has 6 heteroatoms. The number of benzene rings is 1. The number of thiophene rings is 1. The maximum absolute atomic E-state index is 12.8. The summed E-state index contributed by atoms with van der Waals surface area (Å²) in [7, 11) is 1.74. The van der Waals surface area contributed by atoms with Crippen LogP contribution in [0.3, 0.4) is 0 Å². The molecule has 1 aromatic carbocycles. The third-order valence-electron chi connectivity index (χ3n) is 5.25. The summed E-state index contributed by atoms with van der Waals surface area (Å²) < 4.78 is 2.45. The molecule has 1 aliphatic rings. The molecule has 0 atom stereocenters. The lowest BCUT2D eigenvalue weighted by Crippen LogP contribution is -2.33. The summed E-state index contributed by atoms with van der Waals surface area (Å²) in [4.78, 5) is 26.1. The van der Waals surface area contributed by atoms with E-state index < -0.39 is 0 Å². The Balaban J connectivity index is 1.75. The normalized spacial score (nSPS) is 16.1.